The second kappa shape index (κ2) is 4.56. The molecule has 0 N–H and O–H groups in total. The van der Waals surface area contributed by atoms with Crippen LogP contribution in [0.2, 0.25) is 5.15 Å². The summed E-state index contributed by atoms with van der Waals surface area (Å²) in [4.78, 5) is 8.22. The van der Waals surface area contributed by atoms with Crippen molar-refractivity contribution in [3.8, 4) is 0 Å². The van der Waals surface area contributed by atoms with Crippen LogP contribution in [0, 0.1) is 6.57 Å². The summed E-state index contributed by atoms with van der Waals surface area (Å²) < 4.78 is 1.85. The quantitative estimate of drug-likeness (QED) is 0.490. The largest absolute Gasteiger partial charge is 0.292 e. The summed E-state index contributed by atoms with van der Waals surface area (Å²) in [6, 6.07) is 9.68. The maximum Gasteiger partial charge on any atom is 0.232 e. The molecule has 0 saturated heterocycles. The number of halogens is 1. The second-order valence-corrected chi connectivity index (χ2v) is 4.85. The minimum Gasteiger partial charge on any atom is -0.292 e. The zero-order valence-corrected chi connectivity index (χ0v) is 11.3. The number of aromatic nitrogens is 2. The molecule has 2 aromatic heterocycles. The van der Waals surface area contributed by atoms with Gasteiger partial charge >= 0.3 is 0 Å². The number of fused-ring (bicyclic) bond motifs is 3. The second-order valence-electron chi connectivity index (χ2n) is 4.46. The van der Waals surface area contributed by atoms with Gasteiger partial charge in [0, 0.05) is 0 Å². The Morgan fingerprint density at radius 3 is 2.89 bits per heavy atom. The van der Waals surface area contributed by atoms with Gasteiger partial charge in [0.1, 0.15) is 10.8 Å². The van der Waals surface area contributed by atoms with Crippen molar-refractivity contribution >= 4 is 34.0 Å². The van der Waals surface area contributed by atoms with Crippen molar-refractivity contribution in [3.05, 3.63) is 52.5 Å². The normalized spacial score (nSPS) is 11.0. The Morgan fingerprint density at radius 2 is 2.16 bits per heavy atom. The summed E-state index contributed by atoms with van der Waals surface area (Å²) in [5, 5.41) is 0.611. The lowest BCUT2D eigenvalue weighted by Gasteiger charge is -2.07. The molecule has 0 radical (unpaired) electrons. The molecule has 0 spiro atoms. The third-order valence-electron chi connectivity index (χ3n) is 3.21. The summed E-state index contributed by atoms with van der Waals surface area (Å²) in [6.07, 6.45) is 1.83. The standard InChI is InChI=1S/C15H12ClN3/c1-3-6-10-9-13(16)19-12-8-5-4-7-11(12)18-15(19)14(10)17-2/h4-5,7-9H,3,6H2,1H3. The highest BCUT2D eigenvalue weighted by Crippen LogP contribution is 2.33. The number of para-hydroxylation sites is 2. The summed E-state index contributed by atoms with van der Waals surface area (Å²) >= 11 is 6.37. The Morgan fingerprint density at radius 1 is 1.37 bits per heavy atom. The van der Waals surface area contributed by atoms with Gasteiger partial charge in [-0.05, 0) is 30.2 Å². The Bertz CT molecular complexity index is 811. The Labute approximate surface area is 116 Å². The van der Waals surface area contributed by atoms with E-state index in [9.17, 15) is 0 Å². The molecule has 0 fully saturated rings. The monoisotopic (exact) mass is 269 g/mol. The third kappa shape index (κ3) is 1.76. The van der Waals surface area contributed by atoms with Crippen LogP contribution >= 0.6 is 11.6 Å². The Hall–Kier alpha value is -2.05. The molecule has 3 nitrogen and oxygen atoms in total. The number of aryl methyl sites for hydroxylation is 1. The molecular weight excluding hydrogens is 258 g/mol. The van der Waals surface area contributed by atoms with Crippen molar-refractivity contribution in [3.63, 3.8) is 0 Å². The van der Waals surface area contributed by atoms with Crippen LogP contribution in [0.25, 0.3) is 21.5 Å². The maximum absolute atomic E-state index is 7.42. The fourth-order valence-corrected chi connectivity index (χ4v) is 2.71. The third-order valence-corrected chi connectivity index (χ3v) is 3.49. The van der Waals surface area contributed by atoms with E-state index in [4.69, 9.17) is 18.2 Å². The van der Waals surface area contributed by atoms with E-state index in [1.165, 1.54) is 0 Å². The summed E-state index contributed by atoms with van der Waals surface area (Å²) in [7, 11) is 0. The molecule has 2 heterocycles. The number of pyridine rings is 1. The molecule has 0 saturated carbocycles. The molecule has 0 amide bonds. The van der Waals surface area contributed by atoms with Crippen molar-refractivity contribution < 1.29 is 0 Å². The van der Waals surface area contributed by atoms with Gasteiger partial charge < -0.3 is 0 Å². The Balaban J connectivity index is 2.48. The molecule has 0 atom stereocenters. The number of hydrogen-bond acceptors (Lipinski definition) is 1. The van der Waals surface area contributed by atoms with E-state index < -0.39 is 0 Å². The van der Waals surface area contributed by atoms with Crippen LogP contribution in [0.5, 0.6) is 0 Å². The van der Waals surface area contributed by atoms with E-state index in [2.05, 4.69) is 16.8 Å². The molecule has 0 unspecified atom stereocenters. The zero-order chi connectivity index (χ0) is 13.4. The number of hydrogen-bond donors (Lipinski definition) is 0. The highest BCUT2D eigenvalue weighted by Gasteiger charge is 2.15. The van der Waals surface area contributed by atoms with E-state index in [1.54, 1.807) is 0 Å². The van der Waals surface area contributed by atoms with Crippen LogP contribution < -0.4 is 0 Å². The first kappa shape index (κ1) is 12.0. The fraction of sp³-hybridized carbons (Fsp3) is 0.200. The highest BCUT2D eigenvalue weighted by molar-refractivity contribution is 6.30. The smallest absolute Gasteiger partial charge is 0.232 e. The summed E-state index contributed by atoms with van der Waals surface area (Å²) in [5.74, 6) is 0. The minimum atomic E-state index is 0.611. The minimum absolute atomic E-state index is 0.611. The van der Waals surface area contributed by atoms with Gasteiger partial charge in [-0.25, -0.2) is 9.83 Å². The van der Waals surface area contributed by atoms with Crippen LogP contribution in [-0.4, -0.2) is 9.38 Å². The van der Waals surface area contributed by atoms with Crippen molar-refractivity contribution in [1.29, 1.82) is 0 Å². The average Bonchev–Trinajstić information content (AvgIpc) is 2.79. The van der Waals surface area contributed by atoms with Gasteiger partial charge in [0.05, 0.1) is 17.6 Å². The van der Waals surface area contributed by atoms with Gasteiger partial charge in [0.15, 0.2) is 0 Å². The van der Waals surface area contributed by atoms with E-state index in [0.717, 1.165) is 29.4 Å². The Kier molecular flexibility index (Phi) is 2.88. The molecule has 1 aromatic carbocycles. The van der Waals surface area contributed by atoms with Crippen molar-refractivity contribution in [2.24, 2.45) is 0 Å². The first-order valence-corrected chi connectivity index (χ1v) is 6.60. The van der Waals surface area contributed by atoms with Crippen molar-refractivity contribution in [1.82, 2.24) is 9.38 Å². The van der Waals surface area contributed by atoms with E-state index >= 15 is 0 Å². The lowest BCUT2D eigenvalue weighted by atomic mass is 10.1. The number of benzene rings is 1. The molecular formula is C15H12ClN3. The highest BCUT2D eigenvalue weighted by atomic mass is 35.5. The average molecular weight is 270 g/mol. The van der Waals surface area contributed by atoms with E-state index in [-0.39, 0.29) is 0 Å². The summed E-state index contributed by atoms with van der Waals surface area (Å²) in [5.41, 5.74) is 4.05. The topological polar surface area (TPSA) is 21.7 Å². The van der Waals surface area contributed by atoms with E-state index in [0.29, 0.717) is 16.5 Å². The van der Waals surface area contributed by atoms with Gasteiger partial charge in [-0.2, -0.15) is 0 Å². The molecule has 3 aromatic rings. The molecule has 4 heteroatoms. The van der Waals surface area contributed by atoms with Crippen LogP contribution in [0.15, 0.2) is 30.3 Å². The van der Waals surface area contributed by atoms with Crippen molar-refractivity contribution in [2.45, 2.75) is 19.8 Å². The molecule has 0 aliphatic rings. The number of rotatable bonds is 2. The molecule has 3 rings (SSSR count). The molecule has 0 aliphatic heterocycles. The van der Waals surface area contributed by atoms with Crippen LogP contribution in [0.1, 0.15) is 18.9 Å². The van der Waals surface area contributed by atoms with Crippen LogP contribution in [-0.2, 0) is 6.42 Å². The van der Waals surface area contributed by atoms with E-state index in [1.807, 2.05) is 34.7 Å². The number of imidazole rings is 1. The SMILES string of the molecule is [C-]#[N+]c1c(CCC)cc(Cl)n2c1nc1ccccc12. The first-order chi connectivity index (χ1) is 9.26. The lowest BCUT2D eigenvalue weighted by molar-refractivity contribution is 0.922. The van der Waals surface area contributed by atoms with Crippen LogP contribution in [0.4, 0.5) is 5.69 Å². The van der Waals surface area contributed by atoms with Gasteiger partial charge in [-0.3, -0.25) is 4.40 Å². The predicted octanol–water partition coefficient (Wildman–Crippen LogP) is 4.64. The van der Waals surface area contributed by atoms with Crippen molar-refractivity contribution in [2.75, 3.05) is 0 Å². The molecule has 19 heavy (non-hydrogen) atoms. The van der Waals surface area contributed by atoms with Gasteiger partial charge in [0.25, 0.3) is 0 Å². The predicted molar refractivity (Wildman–Crippen MR) is 78.0 cm³/mol. The van der Waals surface area contributed by atoms with Gasteiger partial charge in [0.2, 0.25) is 5.69 Å². The molecule has 94 valence electrons. The molecule has 0 aliphatic carbocycles. The zero-order valence-electron chi connectivity index (χ0n) is 10.5. The van der Waals surface area contributed by atoms with Gasteiger partial charge in [-0.1, -0.05) is 37.1 Å². The lowest BCUT2D eigenvalue weighted by Crippen LogP contribution is -1.93. The maximum atomic E-state index is 7.42. The molecule has 0 bridgehead atoms. The van der Waals surface area contributed by atoms with Crippen LogP contribution in [0.3, 0.4) is 0 Å². The van der Waals surface area contributed by atoms with Gasteiger partial charge in [-0.15, -0.1) is 0 Å². The summed E-state index contributed by atoms with van der Waals surface area (Å²) in [6.45, 7) is 9.51. The first-order valence-electron chi connectivity index (χ1n) is 6.22. The number of nitrogens with zero attached hydrogens (tertiary/aromatic N) is 3. The fourth-order valence-electron chi connectivity index (χ4n) is 2.40.